The quantitative estimate of drug-likeness (QED) is 0.467. The molecule has 0 saturated carbocycles. The van der Waals surface area contributed by atoms with Crippen molar-refractivity contribution in [3.05, 3.63) is 22.8 Å². The lowest BCUT2D eigenvalue weighted by atomic mass is 9.94. The highest BCUT2D eigenvalue weighted by atomic mass is 14.3. The van der Waals surface area contributed by atoms with Gasteiger partial charge < -0.3 is 0 Å². The second-order valence-electron chi connectivity index (χ2n) is 3.27. The van der Waals surface area contributed by atoms with Gasteiger partial charge in [0.2, 0.25) is 0 Å². The van der Waals surface area contributed by atoms with Gasteiger partial charge in [0.05, 0.1) is 6.07 Å². The zero-order valence-corrected chi connectivity index (χ0v) is 9.85. The summed E-state index contributed by atoms with van der Waals surface area (Å²) in [5.41, 5.74) is 3.57. The van der Waals surface area contributed by atoms with Crippen LogP contribution in [0.5, 0.6) is 0 Å². The van der Waals surface area contributed by atoms with Gasteiger partial charge in [-0.1, -0.05) is 33.8 Å². The molecule has 0 aromatic carbocycles. The van der Waals surface area contributed by atoms with E-state index < -0.39 is 0 Å². The van der Waals surface area contributed by atoms with Crippen LogP contribution in [0, 0.1) is 11.3 Å². The summed E-state index contributed by atoms with van der Waals surface area (Å²) < 4.78 is 0. The van der Waals surface area contributed by atoms with Gasteiger partial charge in [-0.15, -0.1) is 0 Å². The first-order valence-corrected chi connectivity index (χ1v) is 5.56. The molecule has 78 valence electrons. The van der Waals surface area contributed by atoms with Crippen LogP contribution < -0.4 is 0 Å². The van der Waals surface area contributed by atoms with Crippen LogP contribution in [0.15, 0.2) is 22.8 Å². The molecule has 0 N–H and O–H groups in total. The maximum absolute atomic E-state index is 9.01. The highest BCUT2D eigenvalue weighted by molar-refractivity contribution is 5.40. The molecular weight excluding hydrogens is 170 g/mol. The monoisotopic (exact) mass is 191 g/mol. The Morgan fingerprint density at radius 3 is 2.00 bits per heavy atom. The smallest absolute Gasteiger partial charge is 0.0949 e. The molecule has 0 aliphatic rings. The van der Waals surface area contributed by atoms with Gasteiger partial charge in [-0.25, -0.2) is 0 Å². The van der Waals surface area contributed by atoms with Gasteiger partial charge in [0, 0.05) is 5.57 Å². The van der Waals surface area contributed by atoms with Gasteiger partial charge >= 0.3 is 0 Å². The zero-order chi connectivity index (χ0) is 11.0. The second-order valence-corrected chi connectivity index (χ2v) is 3.27. The zero-order valence-electron chi connectivity index (χ0n) is 9.85. The third-order valence-electron chi connectivity index (χ3n) is 2.43. The van der Waals surface area contributed by atoms with Crippen molar-refractivity contribution < 1.29 is 0 Å². The van der Waals surface area contributed by atoms with Crippen molar-refractivity contribution in [1.82, 2.24) is 0 Å². The first-order chi connectivity index (χ1) is 6.74. The maximum atomic E-state index is 9.01. The maximum Gasteiger partial charge on any atom is 0.0949 e. The molecule has 0 saturated heterocycles. The van der Waals surface area contributed by atoms with E-state index in [0.717, 1.165) is 31.3 Å². The summed E-state index contributed by atoms with van der Waals surface area (Å²) in [6.45, 7) is 8.47. The molecule has 0 amide bonds. The minimum Gasteiger partial charge on any atom is -0.193 e. The highest BCUT2D eigenvalue weighted by Crippen LogP contribution is 2.23. The number of hydrogen-bond acceptors (Lipinski definition) is 1. The van der Waals surface area contributed by atoms with Crippen molar-refractivity contribution in [2.75, 3.05) is 0 Å². The molecule has 0 rings (SSSR count). The topological polar surface area (TPSA) is 23.8 Å². The number of rotatable bonds is 5. The predicted octanol–water partition coefficient (Wildman–Crippen LogP) is 4.37. The Labute approximate surface area is 88.1 Å². The SMILES string of the molecule is CCC=C(CC)C(CC)=C(C#N)CC. The average Bonchev–Trinajstić information content (AvgIpc) is 2.23. The van der Waals surface area contributed by atoms with E-state index in [2.05, 4.69) is 32.9 Å². The van der Waals surface area contributed by atoms with Crippen LogP contribution in [0.3, 0.4) is 0 Å². The van der Waals surface area contributed by atoms with Gasteiger partial charge in [0.15, 0.2) is 0 Å². The summed E-state index contributed by atoms with van der Waals surface area (Å²) in [5.74, 6) is 0. The Hall–Kier alpha value is -1.03. The van der Waals surface area contributed by atoms with Crippen LogP contribution >= 0.6 is 0 Å². The third kappa shape index (κ3) is 3.38. The second kappa shape index (κ2) is 7.38. The van der Waals surface area contributed by atoms with Crippen LogP contribution in [0.25, 0.3) is 0 Å². The van der Waals surface area contributed by atoms with Gasteiger partial charge in [0.25, 0.3) is 0 Å². The van der Waals surface area contributed by atoms with Crippen molar-refractivity contribution in [2.24, 2.45) is 0 Å². The molecule has 0 atom stereocenters. The molecule has 0 bridgehead atoms. The molecule has 0 radical (unpaired) electrons. The first kappa shape index (κ1) is 13.0. The third-order valence-corrected chi connectivity index (χ3v) is 2.43. The molecule has 14 heavy (non-hydrogen) atoms. The van der Waals surface area contributed by atoms with E-state index in [1.54, 1.807) is 0 Å². The van der Waals surface area contributed by atoms with Crippen molar-refractivity contribution in [3.63, 3.8) is 0 Å². The minimum absolute atomic E-state index is 0.848. The molecule has 0 heterocycles. The average molecular weight is 191 g/mol. The Morgan fingerprint density at radius 1 is 1.07 bits per heavy atom. The largest absolute Gasteiger partial charge is 0.193 e. The molecule has 0 aliphatic carbocycles. The summed E-state index contributed by atoms with van der Waals surface area (Å²) in [6.07, 6.45) is 6.14. The summed E-state index contributed by atoms with van der Waals surface area (Å²) in [5, 5.41) is 9.01. The van der Waals surface area contributed by atoms with Crippen LogP contribution in [-0.4, -0.2) is 0 Å². The summed E-state index contributed by atoms with van der Waals surface area (Å²) in [4.78, 5) is 0. The number of nitriles is 1. The van der Waals surface area contributed by atoms with E-state index >= 15 is 0 Å². The van der Waals surface area contributed by atoms with Gasteiger partial charge in [-0.3, -0.25) is 0 Å². The van der Waals surface area contributed by atoms with Crippen LogP contribution in [-0.2, 0) is 0 Å². The standard InChI is InChI=1S/C13H21N/c1-5-9-11(6-2)13(8-4)12(7-3)10-14/h9H,5-8H2,1-4H3. The molecule has 0 aliphatic heterocycles. The molecule has 0 spiro atoms. The summed E-state index contributed by atoms with van der Waals surface area (Å²) in [6, 6.07) is 2.31. The van der Waals surface area contributed by atoms with E-state index in [4.69, 9.17) is 5.26 Å². The minimum atomic E-state index is 0.848. The Balaban J connectivity index is 5.14. The lowest BCUT2D eigenvalue weighted by Gasteiger charge is -2.10. The van der Waals surface area contributed by atoms with Gasteiger partial charge in [-0.05, 0) is 36.8 Å². The van der Waals surface area contributed by atoms with Crippen molar-refractivity contribution in [2.45, 2.75) is 53.4 Å². The number of nitrogens with zero attached hydrogens (tertiary/aromatic N) is 1. The van der Waals surface area contributed by atoms with E-state index in [1.165, 1.54) is 11.1 Å². The molecule has 0 aromatic heterocycles. The van der Waals surface area contributed by atoms with E-state index in [0.29, 0.717) is 0 Å². The van der Waals surface area contributed by atoms with E-state index in [1.807, 2.05) is 6.92 Å². The molecular formula is C13H21N. The first-order valence-electron chi connectivity index (χ1n) is 5.56. The Bertz CT molecular complexity index is 263. The molecule has 0 unspecified atom stereocenters. The van der Waals surface area contributed by atoms with E-state index in [-0.39, 0.29) is 0 Å². The molecule has 1 heteroatoms. The van der Waals surface area contributed by atoms with E-state index in [9.17, 15) is 0 Å². The predicted molar refractivity (Wildman–Crippen MR) is 61.9 cm³/mol. The molecule has 1 nitrogen and oxygen atoms in total. The lowest BCUT2D eigenvalue weighted by Crippen LogP contribution is -1.93. The fourth-order valence-electron chi connectivity index (χ4n) is 1.72. The summed E-state index contributed by atoms with van der Waals surface area (Å²) >= 11 is 0. The Morgan fingerprint density at radius 2 is 1.71 bits per heavy atom. The summed E-state index contributed by atoms with van der Waals surface area (Å²) in [7, 11) is 0. The van der Waals surface area contributed by atoms with Crippen LogP contribution in [0.4, 0.5) is 0 Å². The van der Waals surface area contributed by atoms with Crippen molar-refractivity contribution in [1.29, 1.82) is 5.26 Å². The Kier molecular flexibility index (Phi) is 6.84. The van der Waals surface area contributed by atoms with Crippen LogP contribution in [0.1, 0.15) is 53.4 Å². The molecule has 0 fully saturated rings. The fourth-order valence-corrected chi connectivity index (χ4v) is 1.72. The fraction of sp³-hybridized carbons (Fsp3) is 0.615. The lowest BCUT2D eigenvalue weighted by molar-refractivity contribution is 0.966. The van der Waals surface area contributed by atoms with Gasteiger partial charge in [-0.2, -0.15) is 5.26 Å². The van der Waals surface area contributed by atoms with Crippen LogP contribution in [0.2, 0.25) is 0 Å². The number of allylic oxidation sites excluding steroid dienone is 4. The molecule has 0 aromatic rings. The normalized spacial score (nSPS) is 13.5. The highest BCUT2D eigenvalue weighted by Gasteiger charge is 2.06. The van der Waals surface area contributed by atoms with Gasteiger partial charge in [0.1, 0.15) is 0 Å². The van der Waals surface area contributed by atoms with Crippen molar-refractivity contribution in [3.8, 4) is 6.07 Å². The number of hydrogen-bond donors (Lipinski definition) is 0. The van der Waals surface area contributed by atoms with Crippen molar-refractivity contribution >= 4 is 0 Å².